The van der Waals surface area contributed by atoms with Crippen LogP contribution in [0.3, 0.4) is 0 Å². The number of hydrogen-bond donors (Lipinski definition) is 2. The molecule has 0 amide bonds. The van der Waals surface area contributed by atoms with Crippen molar-refractivity contribution in [3.05, 3.63) is 30.1 Å². The third-order valence-electron chi connectivity index (χ3n) is 3.93. The molecule has 1 fully saturated rings. The van der Waals surface area contributed by atoms with Crippen LogP contribution in [-0.2, 0) is 5.41 Å². The van der Waals surface area contributed by atoms with Crippen LogP contribution in [0.1, 0.15) is 32.4 Å². The SMILES string of the molecule is CNCC1(CNCC(C)(C)c2ccccn2)CC1. The summed E-state index contributed by atoms with van der Waals surface area (Å²) in [4.78, 5) is 4.47. The fourth-order valence-corrected chi connectivity index (χ4v) is 2.46. The summed E-state index contributed by atoms with van der Waals surface area (Å²) in [5, 5.41) is 6.93. The molecule has 0 atom stereocenters. The molecular formula is C15H25N3. The molecule has 1 aromatic rings. The van der Waals surface area contributed by atoms with E-state index in [9.17, 15) is 0 Å². The largest absolute Gasteiger partial charge is 0.319 e. The summed E-state index contributed by atoms with van der Waals surface area (Å²) in [7, 11) is 2.04. The summed E-state index contributed by atoms with van der Waals surface area (Å²) >= 11 is 0. The van der Waals surface area contributed by atoms with Gasteiger partial charge in [-0.25, -0.2) is 0 Å². The zero-order valence-corrected chi connectivity index (χ0v) is 11.8. The Bertz CT molecular complexity index is 369. The molecule has 0 aromatic carbocycles. The normalized spacial score (nSPS) is 17.7. The molecule has 0 saturated heterocycles. The van der Waals surface area contributed by atoms with Crippen molar-refractivity contribution in [3.8, 4) is 0 Å². The highest BCUT2D eigenvalue weighted by Gasteiger charge is 2.41. The van der Waals surface area contributed by atoms with Gasteiger partial charge in [-0.05, 0) is 37.4 Å². The molecule has 0 spiro atoms. The second-order valence-electron chi connectivity index (χ2n) is 6.23. The van der Waals surface area contributed by atoms with E-state index in [1.54, 1.807) is 0 Å². The molecule has 0 unspecified atom stereocenters. The maximum atomic E-state index is 4.47. The summed E-state index contributed by atoms with van der Waals surface area (Å²) in [6.45, 7) is 7.73. The zero-order chi connectivity index (χ0) is 13.1. The van der Waals surface area contributed by atoms with E-state index >= 15 is 0 Å². The first-order chi connectivity index (χ1) is 8.58. The molecule has 2 rings (SSSR count). The summed E-state index contributed by atoms with van der Waals surface area (Å²) in [6, 6.07) is 6.15. The summed E-state index contributed by atoms with van der Waals surface area (Å²) < 4.78 is 0. The van der Waals surface area contributed by atoms with E-state index in [4.69, 9.17) is 0 Å². The van der Waals surface area contributed by atoms with Gasteiger partial charge in [-0.1, -0.05) is 19.9 Å². The van der Waals surface area contributed by atoms with Crippen LogP contribution in [-0.4, -0.2) is 31.7 Å². The van der Waals surface area contributed by atoms with Gasteiger partial charge in [-0.3, -0.25) is 4.98 Å². The molecule has 1 saturated carbocycles. The molecule has 3 nitrogen and oxygen atoms in total. The van der Waals surface area contributed by atoms with Crippen LogP contribution >= 0.6 is 0 Å². The number of aromatic nitrogens is 1. The first-order valence-electron chi connectivity index (χ1n) is 6.85. The quantitative estimate of drug-likeness (QED) is 0.773. The van der Waals surface area contributed by atoms with Crippen LogP contribution in [0.15, 0.2) is 24.4 Å². The van der Waals surface area contributed by atoms with E-state index in [0.717, 1.165) is 25.3 Å². The average molecular weight is 247 g/mol. The van der Waals surface area contributed by atoms with E-state index in [0.29, 0.717) is 5.41 Å². The lowest BCUT2D eigenvalue weighted by atomic mass is 9.88. The summed E-state index contributed by atoms with van der Waals surface area (Å²) in [6.07, 6.45) is 4.58. The fourth-order valence-electron chi connectivity index (χ4n) is 2.46. The Kier molecular flexibility index (Phi) is 4.03. The monoisotopic (exact) mass is 247 g/mol. The number of nitrogens with one attached hydrogen (secondary N) is 2. The van der Waals surface area contributed by atoms with Crippen molar-refractivity contribution in [2.75, 3.05) is 26.7 Å². The van der Waals surface area contributed by atoms with Crippen molar-refractivity contribution in [2.24, 2.45) is 5.41 Å². The molecule has 1 heterocycles. The second-order valence-corrected chi connectivity index (χ2v) is 6.23. The van der Waals surface area contributed by atoms with Crippen LogP contribution in [0.5, 0.6) is 0 Å². The van der Waals surface area contributed by atoms with Crippen LogP contribution in [0, 0.1) is 5.41 Å². The van der Waals surface area contributed by atoms with Gasteiger partial charge in [0.15, 0.2) is 0 Å². The molecule has 2 N–H and O–H groups in total. The van der Waals surface area contributed by atoms with E-state index in [1.807, 2.05) is 19.3 Å². The molecular weight excluding hydrogens is 222 g/mol. The molecule has 1 aromatic heterocycles. The third kappa shape index (κ3) is 3.30. The summed E-state index contributed by atoms with van der Waals surface area (Å²) in [5.74, 6) is 0. The lowest BCUT2D eigenvalue weighted by Crippen LogP contribution is -2.38. The molecule has 3 heteroatoms. The predicted octanol–water partition coefficient (Wildman–Crippen LogP) is 1.95. The minimum Gasteiger partial charge on any atom is -0.319 e. The van der Waals surface area contributed by atoms with Gasteiger partial charge in [0.1, 0.15) is 0 Å². The Hall–Kier alpha value is -0.930. The summed E-state index contributed by atoms with van der Waals surface area (Å²) in [5.41, 5.74) is 1.78. The van der Waals surface area contributed by atoms with E-state index in [2.05, 4.69) is 41.6 Å². The van der Waals surface area contributed by atoms with Crippen LogP contribution in [0.2, 0.25) is 0 Å². The molecule has 0 bridgehead atoms. The van der Waals surface area contributed by atoms with Gasteiger partial charge < -0.3 is 10.6 Å². The van der Waals surface area contributed by atoms with Crippen molar-refractivity contribution < 1.29 is 0 Å². The highest BCUT2D eigenvalue weighted by molar-refractivity contribution is 5.15. The van der Waals surface area contributed by atoms with E-state index in [-0.39, 0.29) is 5.41 Å². The predicted molar refractivity (Wildman–Crippen MR) is 75.7 cm³/mol. The highest BCUT2D eigenvalue weighted by Crippen LogP contribution is 2.44. The number of hydrogen-bond acceptors (Lipinski definition) is 3. The molecule has 1 aliphatic rings. The van der Waals surface area contributed by atoms with Crippen molar-refractivity contribution in [1.29, 1.82) is 0 Å². The maximum Gasteiger partial charge on any atom is 0.0472 e. The average Bonchev–Trinajstić information content (AvgIpc) is 3.11. The van der Waals surface area contributed by atoms with Crippen molar-refractivity contribution >= 4 is 0 Å². The Morgan fingerprint density at radius 2 is 2.06 bits per heavy atom. The highest BCUT2D eigenvalue weighted by atomic mass is 14.9. The Labute approximate surface area is 110 Å². The number of pyridine rings is 1. The lowest BCUT2D eigenvalue weighted by Gasteiger charge is -2.26. The van der Waals surface area contributed by atoms with Gasteiger partial charge in [-0.15, -0.1) is 0 Å². The minimum absolute atomic E-state index is 0.0942. The van der Waals surface area contributed by atoms with Crippen LogP contribution in [0.25, 0.3) is 0 Å². The van der Waals surface area contributed by atoms with Gasteiger partial charge in [0.05, 0.1) is 0 Å². The van der Waals surface area contributed by atoms with Crippen molar-refractivity contribution in [1.82, 2.24) is 15.6 Å². The number of nitrogens with zero attached hydrogens (tertiary/aromatic N) is 1. The first kappa shape index (κ1) is 13.5. The maximum absolute atomic E-state index is 4.47. The van der Waals surface area contributed by atoms with E-state index in [1.165, 1.54) is 12.8 Å². The molecule has 0 radical (unpaired) electrons. The molecule has 1 aliphatic carbocycles. The molecule has 100 valence electrons. The van der Waals surface area contributed by atoms with Gasteiger partial charge >= 0.3 is 0 Å². The van der Waals surface area contributed by atoms with Gasteiger partial charge in [0.2, 0.25) is 0 Å². The molecule has 0 aliphatic heterocycles. The standard InChI is InChI=1S/C15H25N3/c1-14(2,13-6-4-5-9-18-13)10-17-12-15(7-8-15)11-16-3/h4-6,9,16-17H,7-8,10-12H2,1-3H3. The van der Waals surface area contributed by atoms with Gasteiger partial charge in [0, 0.05) is 36.9 Å². The van der Waals surface area contributed by atoms with Gasteiger partial charge in [0.25, 0.3) is 0 Å². The molecule has 18 heavy (non-hydrogen) atoms. The van der Waals surface area contributed by atoms with E-state index < -0.39 is 0 Å². The minimum atomic E-state index is 0.0942. The topological polar surface area (TPSA) is 37.0 Å². The van der Waals surface area contributed by atoms with Crippen LogP contribution < -0.4 is 10.6 Å². The van der Waals surface area contributed by atoms with Gasteiger partial charge in [-0.2, -0.15) is 0 Å². The van der Waals surface area contributed by atoms with Crippen LogP contribution in [0.4, 0.5) is 0 Å². The van der Waals surface area contributed by atoms with Crippen molar-refractivity contribution in [3.63, 3.8) is 0 Å². The smallest absolute Gasteiger partial charge is 0.0472 e. The van der Waals surface area contributed by atoms with Crippen molar-refractivity contribution in [2.45, 2.75) is 32.1 Å². The second kappa shape index (κ2) is 5.37. The lowest BCUT2D eigenvalue weighted by molar-refractivity contribution is 0.392. The fraction of sp³-hybridized carbons (Fsp3) is 0.667. The number of rotatable bonds is 7. The third-order valence-corrected chi connectivity index (χ3v) is 3.93. The first-order valence-corrected chi connectivity index (χ1v) is 6.85. The zero-order valence-electron chi connectivity index (χ0n) is 11.8. The Morgan fingerprint density at radius 3 is 2.61 bits per heavy atom. The Morgan fingerprint density at radius 1 is 1.28 bits per heavy atom. The Balaban J connectivity index is 1.83.